The van der Waals surface area contributed by atoms with Crippen LogP contribution in [0.2, 0.25) is 0 Å². The number of benzene rings is 2. The third kappa shape index (κ3) is 6.29. The largest absolute Gasteiger partial charge is 0.496 e. The summed E-state index contributed by atoms with van der Waals surface area (Å²) in [6.45, 7) is 6.67. The van der Waals surface area contributed by atoms with Gasteiger partial charge in [-0.3, -0.25) is 0 Å². The Morgan fingerprint density at radius 1 is 1.11 bits per heavy atom. The van der Waals surface area contributed by atoms with E-state index in [1.165, 1.54) is 12.1 Å². The van der Waals surface area contributed by atoms with E-state index < -0.39 is 0 Å². The van der Waals surface area contributed by atoms with Gasteiger partial charge in [0.2, 0.25) is 0 Å². The fourth-order valence-electron chi connectivity index (χ4n) is 3.45. The Morgan fingerprint density at radius 2 is 1.86 bits per heavy atom. The van der Waals surface area contributed by atoms with Crippen LogP contribution in [0.3, 0.4) is 0 Å². The van der Waals surface area contributed by atoms with Crippen molar-refractivity contribution < 1.29 is 4.74 Å². The second kappa shape index (κ2) is 11.8. The van der Waals surface area contributed by atoms with Gasteiger partial charge in [-0.15, -0.1) is 24.0 Å². The van der Waals surface area contributed by atoms with Crippen molar-refractivity contribution in [2.24, 2.45) is 10.9 Å². The van der Waals surface area contributed by atoms with Crippen LogP contribution in [-0.4, -0.2) is 39.2 Å². The maximum atomic E-state index is 5.42. The number of hydrogen-bond donors (Lipinski definition) is 2. The zero-order valence-corrected chi connectivity index (χ0v) is 19.1. The quantitative estimate of drug-likeness (QED) is 0.349. The smallest absolute Gasteiger partial charge is 0.191 e. The molecule has 2 N–H and O–H groups in total. The summed E-state index contributed by atoms with van der Waals surface area (Å²) < 4.78 is 5.42. The Hall–Kier alpha value is -1.96. The molecule has 2 aromatic rings. The van der Waals surface area contributed by atoms with Crippen molar-refractivity contribution in [1.29, 1.82) is 0 Å². The van der Waals surface area contributed by atoms with Crippen molar-refractivity contribution in [1.82, 2.24) is 10.6 Å². The van der Waals surface area contributed by atoms with Gasteiger partial charge in [0.05, 0.1) is 13.7 Å². The van der Waals surface area contributed by atoms with E-state index in [2.05, 4.69) is 58.9 Å². The molecule has 0 spiro atoms. The van der Waals surface area contributed by atoms with E-state index in [9.17, 15) is 0 Å². The van der Waals surface area contributed by atoms with E-state index in [1.807, 2.05) is 18.2 Å². The third-order valence-corrected chi connectivity index (χ3v) is 4.91. The minimum absolute atomic E-state index is 0. The minimum Gasteiger partial charge on any atom is -0.496 e. The summed E-state index contributed by atoms with van der Waals surface area (Å²) in [4.78, 5) is 7.19. The standard InChI is InChI=1S/C22H30N4O.HI/c1-3-23-22(25-16-19-9-7-8-12-21(19)27-2)24-15-18-13-14-26(17-18)20-10-5-4-6-11-20;/h4-12,18H,3,13-17H2,1-2H3,(H2,23,24,25);1H. The molecule has 0 aromatic heterocycles. The summed E-state index contributed by atoms with van der Waals surface area (Å²) in [5.41, 5.74) is 2.41. The summed E-state index contributed by atoms with van der Waals surface area (Å²) in [5, 5.41) is 6.86. The molecule has 1 atom stereocenters. The highest BCUT2D eigenvalue weighted by Crippen LogP contribution is 2.23. The van der Waals surface area contributed by atoms with E-state index >= 15 is 0 Å². The Balaban J connectivity index is 0.00000280. The van der Waals surface area contributed by atoms with Crippen molar-refractivity contribution in [2.45, 2.75) is 19.9 Å². The summed E-state index contributed by atoms with van der Waals surface area (Å²) >= 11 is 0. The van der Waals surface area contributed by atoms with Gasteiger partial charge in [0.1, 0.15) is 5.75 Å². The van der Waals surface area contributed by atoms with Gasteiger partial charge in [0, 0.05) is 37.4 Å². The number of methoxy groups -OCH3 is 1. The lowest BCUT2D eigenvalue weighted by molar-refractivity contribution is 0.410. The molecule has 1 heterocycles. The molecule has 3 rings (SSSR count). The van der Waals surface area contributed by atoms with E-state index in [0.29, 0.717) is 12.5 Å². The first-order valence-corrected chi connectivity index (χ1v) is 9.74. The number of anilines is 1. The Morgan fingerprint density at radius 3 is 2.61 bits per heavy atom. The maximum absolute atomic E-state index is 5.42. The number of rotatable bonds is 7. The van der Waals surface area contributed by atoms with Crippen LogP contribution in [0.1, 0.15) is 18.9 Å². The summed E-state index contributed by atoms with van der Waals surface area (Å²) in [7, 11) is 1.70. The number of ether oxygens (including phenoxy) is 1. The second-order valence-corrected chi connectivity index (χ2v) is 6.82. The lowest BCUT2D eigenvalue weighted by Crippen LogP contribution is -2.40. The van der Waals surface area contributed by atoms with Gasteiger partial charge in [-0.25, -0.2) is 4.99 Å². The van der Waals surface area contributed by atoms with Gasteiger partial charge in [0.25, 0.3) is 0 Å². The topological polar surface area (TPSA) is 48.9 Å². The fraction of sp³-hybridized carbons (Fsp3) is 0.409. The Kier molecular flexibility index (Phi) is 9.40. The van der Waals surface area contributed by atoms with Crippen LogP contribution in [-0.2, 0) is 6.54 Å². The van der Waals surface area contributed by atoms with Crippen molar-refractivity contribution in [3.8, 4) is 5.75 Å². The van der Waals surface area contributed by atoms with Crippen LogP contribution in [0.5, 0.6) is 5.75 Å². The van der Waals surface area contributed by atoms with Crippen molar-refractivity contribution >= 4 is 35.6 Å². The molecule has 0 saturated carbocycles. The fourth-order valence-corrected chi connectivity index (χ4v) is 3.45. The molecule has 0 radical (unpaired) electrons. The first kappa shape index (κ1) is 22.3. The number of aliphatic imine (C=N–C) groups is 1. The molecule has 1 aliphatic heterocycles. The molecule has 1 fully saturated rings. The molecule has 0 amide bonds. The number of para-hydroxylation sites is 2. The first-order valence-electron chi connectivity index (χ1n) is 9.74. The normalized spacial score (nSPS) is 16.4. The zero-order valence-electron chi connectivity index (χ0n) is 16.7. The molecule has 0 bridgehead atoms. The predicted molar refractivity (Wildman–Crippen MR) is 128 cm³/mol. The molecule has 1 aliphatic rings. The number of hydrogen-bond acceptors (Lipinski definition) is 3. The molecule has 6 heteroatoms. The van der Waals surface area contributed by atoms with Gasteiger partial charge in [-0.2, -0.15) is 0 Å². The molecule has 152 valence electrons. The molecule has 1 saturated heterocycles. The molecule has 1 unspecified atom stereocenters. The molecular weight excluding hydrogens is 463 g/mol. The first-order chi connectivity index (χ1) is 13.3. The van der Waals surface area contributed by atoms with E-state index in [-0.39, 0.29) is 24.0 Å². The summed E-state index contributed by atoms with van der Waals surface area (Å²) in [6.07, 6.45) is 1.20. The highest BCUT2D eigenvalue weighted by molar-refractivity contribution is 14.0. The Bertz CT molecular complexity index is 738. The number of halogens is 1. The van der Waals surface area contributed by atoms with Crippen molar-refractivity contribution in [2.75, 3.05) is 38.2 Å². The average Bonchev–Trinajstić information content (AvgIpc) is 3.20. The average molecular weight is 494 g/mol. The number of nitrogens with one attached hydrogen (secondary N) is 2. The molecule has 28 heavy (non-hydrogen) atoms. The SMILES string of the molecule is CCNC(=NCc1ccccc1OC)NCC1CCN(c2ccccc2)C1.I. The zero-order chi connectivity index (χ0) is 18.9. The molecule has 0 aliphatic carbocycles. The van der Waals surface area contributed by atoms with E-state index in [1.54, 1.807) is 7.11 Å². The van der Waals surface area contributed by atoms with Gasteiger partial charge in [-0.1, -0.05) is 36.4 Å². The van der Waals surface area contributed by atoms with Crippen LogP contribution < -0.4 is 20.3 Å². The van der Waals surface area contributed by atoms with E-state index in [4.69, 9.17) is 9.73 Å². The van der Waals surface area contributed by atoms with Crippen LogP contribution in [0.15, 0.2) is 59.6 Å². The summed E-state index contributed by atoms with van der Waals surface area (Å²) in [5.74, 6) is 2.37. The second-order valence-electron chi connectivity index (χ2n) is 6.82. The number of guanidine groups is 1. The van der Waals surface area contributed by atoms with Gasteiger partial charge in [-0.05, 0) is 37.5 Å². The van der Waals surface area contributed by atoms with Crippen molar-refractivity contribution in [3.05, 3.63) is 60.2 Å². The van der Waals surface area contributed by atoms with Crippen molar-refractivity contribution in [3.63, 3.8) is 0 Å². The maximum Gasteiger partial charge on any atom is 0.191 e. The lowest BCUT2D eigenvalue weighted by Gasteiger charge is -2.19. The molecule has 5 nitrogen and oxygen atoms in total. The predicted octanol–water partition coefficient (Wildman–Crippen LogP) is 3.89. The van der Waals surface area contributed by atoms with Crippen LogP contribution in [0.4, 0.5) is 5.69 Å². The van der Waals surface area contributed by atoms with Gasteiger partial charge >= 0.3 is 0 Å². The third-order valence-electron chi connectivity index (χ3n) is 4.91. The minimum atomic E-state index is 0. The van der Waals surface area contributed by atoms with Crippen LogP contribution in [0.25, 0.3) is 0 Å². The van der Waals surface area contributed by atoms with Crippen LogP contribution in [0, 0.1) is 5.92 Å². The van der Waals surface area contributed by atoms with Crippen LogP contribution >= 0.6 is 24.0 Å². The highest BCUT2D eigenvalue weighted by atomic mass is 127. The monoisotopic (exact) mass is 494 g/mol. The Labute approximate surface area is 185 Å². The lowest BCUT2D eigenvalue weighted by atomic mass is 10.1. The molecular formula is C22H31IN4O. The molecule has 2 aromatic carbocycles. The van der Waals surface area contributed by atoms with E-state index in [0.717, 1.165) is 43.5 Å². The summed E-state index contributed by atoms with van der Waals surface area (Å²) in [6, 6.07) is 18.7. The number of nitrogens with zero attached hydrogens (tertiary/aromatic N) is 2. The van der Waals surface area contributed by atoms with Gasteiger partial charge < -0.3 is 20.3 Å². The van der Waals surface area contributed by atoms with Gasteiger partial charge in [0.15, 0.2) is 5.96 Å². The highest BCUT2D eigenvalue weighted by Gasteiger charge is 2.22.